The van der Waals surface area contributed by atoms with Crippen LogP contribution in [0.4, 0.5) is 0 Å². The quantitative estimate of drug-likeness (QED) is 0.375. The van der Waals surface area contributed by atoms with Crippen LogP contribution in [0.2, 0.25) is 0 Å². The number of hydrogen-bond acceptors (Lipinski definition) is 2. The smallest absolute Gasteiger partial charge is 0.0311 e. The molecule has 0 amide bonds. The first-order valence-electron chi connectivity index (χ1n) is 6.82. The van der Waals surface area contributed by atoms with Gasteiger partial charge in [-0.2, -0.15) is 1.33 Å². The fourth-order valence-electron chi connectivity index (χ4n) is 2.21. The van der Waals surface area contributed by atoms with Gasteiger partial charge in [0.25, 0.3) is 0 Å². The minimum atomic E-state index is 0.871. The number of halogens is 2. The largest absolute Gasteiger partial charge is 0.185 e. The van der Waals surface area contributed by atoms with Crippen LogP contribution in [-0.2, 0) is 26.4 Å². The number of benzene rings is 1. The molecule has 0 atom stereocenters. The van der Waals surface area contributed by atoms with Gasteiger partial charge in [0.1, 0.15) is 0 Å². The Labute approximate surface area is 164 Å². The maximum atomic E-state index is 4.38. The Balaban J connectivity index is 0.000000173. The number of nitrogens with zero attached hydrogens (tertiary/aromatic N) is 3. The van der Waals surface area contributed by atoms with Gasteiger partial charge < -0.3 is 0 Å². The Bertz CT molecular complexity index is 603. The molecule has 1 saturated carbocycles. The maximum absolute atomic E-state index is 4.38. The fraction of sp³-hybridized carbons (Fsp3) is 0.429. The number of hydrogen-bond donors (Lipinski definition) is 1. The summed E-state index contributed by atoms with van der Waals surface area (Å²) in [5.41, 5.74) is 1.11. The third-order valence-electron chi connectivity index (χ3n) is 3.37. The normalized spacial score (nSPS) is 15.1. The summed E-state index contributed by atoms with van der Waals surface area (Å²) in [6.45, 7) is 0. The Kier molecular flexibility index (Phi) is 7.58. The van der Waals surface area contributed by atoms with Crippen molar-refractivity contribution in [3.63, 3.8) is 0 Å². The van der Waals surface area contributed by atoms with Gasteiger partial charge in [0, 0.05) is 51.8 Å². The maximum Gasteiger partial charge on any atom is 0.0311 e. The molecule has 1 aliphatic carbocycles. The van der Waals surface area contributed by atoms with Gasteiger partial charge in [0.05, 0.1) is 0 Å². The average molecular weight is 691 g/mol. The summed E-state index contributed by atoms with van der Waals surface area (Å²) >= 11 is 6.91. The summed E-state index contributed by atoms with van der Waals surface area (Å²) in [7, 11) is 1.95. The van der Waals surface area contributed by atoms with E-state index in [0.717, 1.165) is 21.2 Å². The van der Waals surface area contributed by atoms with E-state index in [1.165, 1.54) is 25.7 Å². The molecule has 0 bridgehead atoms. The SMILES string of the molecule is Cn1[nH]c(-c2ccccc2)n[c]1=[Pt].IN(I)C1CCCC1. The van der Waals surface area contributed by atoms with E-state index in [1.54, 1.807) is 0 Å². The van der Waals surface area contributed by atoms with Crippen LogP contribution in [0.15, 0.2) is 30.3 Å². The first-order valence-corrected chi connectivity index (χ1v) is 9.89. The molecule has 7 heteroatoms. The Morgan fingerprint density at radius 2 is 1.86 bits per heavy atom. The number of aromatic nitrogens is 3. The monoisotopic (exact) mass is 691 g/mol. The van der Waals surface area contributed by atoms with E-state index < -0.39 is 0 Å². The zero-order chi connectivity index (χ0) is 15.2. The van der Waals surface area contributed by atoms with E-state index in [-0.39, 0.29) is 0 Å². The first kappa shape index (κ1) is 17.8. The van der Waals surface area contributed by atoms with Crippen LogP contribution in [-0.4, -0.2) is 22.1 Å². The van der Waals surface area contributed by atoms with Crippen molar-refractivity contribution >= 4 is 45.7 Å². The molecule has 0 spiro atoms. The third-order valence-corrected chi connectivity index (χ3v) is 5.97. The summed E-state index contributed by atoms with van der Waals surface area (Å²) in [6.07, 6.45) is 5.69. The van der Waals surface area contributed by atoms with E-state index in [1.807, 2.05) is 42.1 Å². The molecule has 1 heterocycles. The predicted molar refractivity (Wildman–Crippen MR) is 98.4 cm³/mol. The molecule has 118 valence electrons. The summed E-state index contributed by atoms with van der Waals surface area (Å²) in [5.74, 6) is 0.910. The van der Waals surface area contributed by atoms with E-state index in [4.69, 9.17) is 0 Å². The summed E-state index contributed by atoms with van der Waals surface area (Å²) in [5, 5.41) is 3.16. The van der Waals surface area contributed by atoms with Gasteiger partial charge in [0.2, 0.25) is 0 Å². The number of H-pyrrole nitrogens is 1. The van der Waals surface area contributed by atoms with Crippen molar-refractivity contribution in [1.29, 1.82) is 0 Å². The van der Waals surface area contributed by atoms with Crippen molar-refractivity contribution in [2.45, 2.75) is 31.7 Å². The van der Waals surface area contributed by atoms with Crippen LogP contribution in [0, 0.1) is 3.80 Å². The van der Waals surface area contributed by atoms with Crippen molar-refractivity contribution in [3.05, 3.63) is 34.1 Å². The number of aromatic amines is 1. The minimum absolute atomic E-state index is 0.871. The molecule has 1 aromatic heterocycles. The van der Waals surface area contributed by atoms with Crippen LogP contribution in [0.3, 0.4) is 0 Å². The summed E-state index contributed by atoms with van der Waals surface area (Å²) in [6, 6.07) is 11.0. The predicted octanol–water partition coefficient (Wildman–Crippen LogP) is 4.42. The van der Waals surface area contributed by atoms with E-state index in [2.05, 4.69) is 76.5 Å². The second kappa shape index (κ2) is 8.93. The van der Waals surface area contributed by atoms with Crippen LogP contribution >= 0.6 is 45.7 Å². The molecule has 0 saturated heterocycles. The molecule has 21 heavy (non-hydrogen) atoms. The van der Waals surface area contributed by atoms with E-state index in [9.17, 15) is 0 Å². The van der Waals surface area contributed by atoms with Gasteiger partial charge in [-0.05, 0) is 12.8 Å². The number of rotatable bonds is 2. The average Bonchev–Trinajstić information content (AvgIpc) is 3.12. The topological polar surface area (TPSA) is 36.9 Å². The molecule has 1 N–H and O–H groups in total. The Hall–Kier alpha value is 0.468. The summed E-state index contributed by atoms with van der Waals surface area (Å²) < 4.78 is 5.13. The Morgan fingerprint density at radius 3 is 2.29 bits per heavy atom. The van der Waals surface area contributed by atoms with Gasteiger partial charge in [-0.15, -0.1) is 0 Å². The molecule has 1 aromatic carbocycles. The Morgan fingerprint density at radius 1 is 1.24 bits per heavy atom. The first-order chi connectivity index (χ1) is 10.1. The molecule has 4 nitrogen and oxygen atoms in total. The van der Waals surface area contributed by atoms with E-state index in [0.29, 0.717) is 0 Å². The van der Waals surface area contributed by atoms with Gasteiger partial charge in [-0.1, -0.05) is 12.8 Å². The van der Waals surface area contributed by atoms with Crippen LogP contribution in [0.25, 0.3) is 11.4 Å². The third kappa shape index (κ3) is 5.55. The van der Waals surface area contributed by atoms with Gasteiger partial charge in [-0.3, -0.25) is 0 Å². The van der Waals surface area contributed by atoms with Crippen molar-refractivity contribution in [2.24, 2.45) is 7.05 Å². The molecule has 2 aromatic rings. The second-order valence-electron chi connectivity index (χ2n) is 4.94. The molecule has 3 rings (SSSR count). The molecule has 1 aliphatic rings. The zero-order valence-corrected chi connectivity index (χ0v) is 18.3. The number of nitrogens with one attached hydrogen (secondary N) is 1. The zero-order valence-electron chi connectivity index (χ0n) is 11.7. The van der Waals surface area contributed by atoms with E-state index >= 15 is 0 Å². The van der Waals surface area contributed by atoms with Gasteiger partial charge in [0.15, 0.2) is 0 Å². The van der Waals surface area contributed by atoms with Crippen molar-refractivity contribution < 1.29 is 19.4 Å². The molecular weight excluding hydrogens is 673 g/mol. The summed E-state index contributed by atoms with van der Waals surface area (Å²) in [4.78, 5) is 4.38. The van der Waals surface area contributed by atoms with Gasteiger partial charge in [-0.25, -0.2) is 0 Å². The number of aryl methyl sites for hydroxylation is 1. The van der Waals surface area contributed by atoms with Crippen LogP contribution in [0.5, 0.6) is 0 Å². The van der Waals surface area contributed by atoms with Crippen molar-refractivity contribution in [2.75, 3.05) is 0 Å². The van der Waals surface area contributed by atoms with Crippen LogP contribution in [0.1, 0.15) is 25.7 Å². The van der Waals surface area contributed by atoms with Crippen molar-refractivity contribution in [3.8, 4) is 11.4 Å². The molecule has 1 fully saturated rings. The standard InChI is InChI=1S/C9H9N3.C5H9I2N.Pt/c1-12-7-10-9(11-12)8-5-3-2-4-6-8;6-8(7)5-3-1-2-4-5;/h2-6H,1H3,(H,10,11);5H,1-4H2;. The van der Waals surface area contributed by atoms with Crippen LogP contribution < -0.4 is 0 Å². The second-order valence-corrected chi connectivity index (χ2v) is 9.88. The molecule has 0 aliphatic heterocycles. The van der Waals surface area contributed by atoms with Gasteiger partial charge >= 0.3 is 86.7 Å². The molecule has 0 radical (unpaired) electrons. The van der Waals surface area contributed by atoms with Crippen molar-refractivity contribution in [1.82, 2.24) is 16.1 Å². The minimum Gasteiger partial charge on any atom is -0.185 e. The molecule has 0 unspecified atom stereocenters. The fourth-order valence-corrected chi connectivity index (χ4v) is 3.71. The molecular formula is C14H18I2N4Pt.